The van der Waals surface area contributed by atoms with Gasteiger partial charge in [-0.25, -0.2) is 0 Å². The molecule has 0 saturated carbocycles. The Morgan fingerprint density at radius 2 is 1.55 bits per heavy atom. The lowest BCUT2D eigenvalue weighted by molar-refractivity contribution is 0.272. The minimum Gasteiger partial charge on any atom is -0.378 e. The van der Waals surface area contributed by atoms with Crippen LogP contribution in [0.5, 0.6) is 0 Å². The predicted molar refractivity (Wildman–Crippen MR) is 133 cm³/mol. The zero-order chi connectivity index (χ0) is 22.4. The van der Waals surface area contributed by atoms with Gasteiger partial charge >= 0.3 is 0 Å². The van der Waals surface area contributed by atoms with Crippen LogP contribution in [-0.2, 0) is 9.09 Å². The van der Waals surface area contributed by atoms with E-state index in [1.54, 1.807) is 0 Å². The summed E-state index contributed by atoms with van der Waals surface area (Å²) in [6.45, 7) is 4.51. The smallest absolute Gasteiger partial charge is 0.258 e. The summed E-state index contributed by atoms with van der Waals surface area (Å²) in [6.07, 6.45) is 0. The molecular formula is C25H30ClN2O2P. The molecule has 0 aliphatic carbocycles. The first-order valence-corrected chi connectivity index (χ1v) is 12.5. The fraction of sp³-hybridized carbons (Fsp3) is 0.280. The van der Waals surface area contributed by atoms with E-state index in [0.29, 0.717) is 16.9 Å². The summed E-state index contributed by atoms with van der Waals surface area (Å²) < 4.78 is 20.9. The van der Waals surface area contributed by atoms with Crippen LogP contribution in [0.25, 0.3) is 0 Å². The lowest BCUT2D eigenvalue weighted by Crippen LogP contribution is -2.22. The minimum atomic E-state index is -3.36. The van der Waals surface area contributed by atoms with Crippen LogP contribution in [0.4, 0.5) is 11.4 Å². The third-order valence-corrected chi connectivity index (χ3v) is 7.84. The lowest BCUT2D eigenvalue weighted by atomic mass is 10.2. The second-order valence-corrected chi connectivity index (χ2v) is 11.1. The fourth-order valence-corrected chi connectivity index (χ4v) is 5.91. The maximum Gasteiger partial charge on any atom is 0.258 e. The summed E-state index contributed by atoms with van der Waals surface area (Å²) in [6, 6.07) is 25.0. The van der Waals surface area contributed by atoms with Gasteiger partial charge in [-0.15, -0.1) is 0 Å². The molecule has 0 heterocycles. The summed E-state index contributed by atoms with van der Waals surface area (Å²) in [5.41, 5.74) is 2.77. The van der Waals surface area contributed by atoms with Crippen LogP contribution in [0, 0.1) is 5.92 Å². The van der Waals surface area contributed by atoms with Crippen molar-refractivity contribution in [2.45, 2.75) is 19.6 Å². The summed E-state index contributed by atoms with van der Waals surface area (Å²) in [5, 5.41) is 4.79. The van der Waals surface area contributed by atoms with Crippen molar-refractivity contribution in [1.82, 2.24) is 0 Å². The Morgan fingerprint density at radius 3 is 2.10 bits per heavy atom. The Balaban J connectivity index is 2.11. The number of hydrogen-bond acceptors (Lipinski definition) is 4. The number of rotatable bonds is 9. The molecule has 1 N–H and O–H groups in total. The molecule has 0 aromatic heterocycles. The Bertz CT molecular complexity index is 1010. The number of anilines is 2. The van der Waals surface area contributed by atoms with E-state index in [9.17, 15) is 4.57 Å². The normalized spacial score (nSPS) is 14.1. The highest BCUT2D eigenvalue weighted by atomic mass is 35.5. The van der Waals surface area contributed by atoms with Crippen LogP contribution < -0.4 is 15.5 Å². The minimum absolute atomic E-state index is 0.247. The van der Waals surface area contributed by atoms with Crippen molar-refractivity contribution in [1.29, 1.82) is 0 Å². The average Bonchev–Trinajstić information content (AvgIpc) is 2.77. The molecular weight excluding hydrogens is 427 g/mol. The van der Waals surface area contributed by atoms with E-state index in [1.165, 1.54) is 0 Å². The Morgan fingerprint density at radius 1 is 0.935 bits per heavy atom. The zero-order valence-corrected chi connectivity index (χ0v) is 20.1. The van der Waals surface area contributed by atoms with E-state index in [-0.39, 0.29) is 5.92 Å². The number of benzene rings is 3. The van der Waals surface area contributed by atoms with Gasteiger partial charge in [0.2, 0.25) is 0 Å². The highest BCUT2D eigenvalue weighted by Crippen LogP contribution is 2.59. The van der Waals surface area contributed by atoms with Crippen molar-refractivity contribution in [2.75, 3.05) is 30.9 Å². The number of nitrogens with one attached hydrogen (secondary N) is 1. The molecule has 0 radical (unpaired) electrons. The molecule has 31 heavy (non-hydrogen) atoms. The van der Waals surface area contributed by atoms with E-state index in [0.717, 1.165) is 16.9 Å². The van der Waals surface area contributed by atoms with Crippen LogP contribution in [0.2, 0.25) is 5.02 Å². The molecule has 4 nitrogen and oxygen atoms in total. The first-order chi connectivity index (χ1) is 14.8. The Labute approximate surface area is 190 Å². The lowest BCUT2D eigenvalue weighted by Gasteiger charge is -2.31. The molecule has 3 rings (SSSR count). The predicted octanol–water partition coefficient (Wildman–Crippen LogP) is 6.79. The highest BCUT2D eigenvalue weighted by Gasteiger charge is 2.38. The van der Waals surface area contributed by atoms with Crippen molar-refractivity contribution in [2.24, 2.45) is 5.92 Å². The van der Waals surface area contributed by atoms with Gasteiger partial charge in [-0.3, -0.25) is 4.57 Å². The van der Waals surface area contributed by atoms with E-state index in [2.05, 4.69) is 19.2 Å². The van der Waals surface area contributed by atoms with Gasteiger partial charge in [-0.05, 0) is 60.0 Å². The summed E-state index contributed by atoms with van der Waals surface area (Å²) in [7, 11) is 0.606. The van der Waals surface area contributed by atoms with Crippen LogP contribution in [0.15, 0.2) is 78.9 Å². The van der Waals surface area contributed by atoms with Gasteiger partial charge < -0.3 is 14.7 Å². The molecule has 0 spiro atoms. The van der Waals surface area contributed by atoms with Gasteiger partial charge in [-0.2, -0.15) is 0 Å². The molecule has 2 atom stereocenters. The van der Waals surface area contributed by atoms with Crippen molar-refractivity contribution in [3.63, 3.8) is 0 Å². The molecule has 0 bridgehead atoms. The topological polar surface area (TPSA) is 41.6 Å². The summed E-state index contributed by atoms with van der Waals surface area (Å²) >= 11 is 6.13. The van der Waals surface area contributed by atoms with E-state index < -0.39 is 13.2 Å². The molecule has 3 aromatic carbocycles. The average molecular weight is 457 g/mol. The molecule has 164 valence electrons. The Kier molecular flexibility index (Phi) is 7.83. The number of hydrogen-bond donors (Lipinski definition) is 1. The largest absolute Gasteiger partial charge is 0.378 e. The van der Waals surface area contributed by atoms with E-state index >= 15 is 0 Å². The van der Waals surface area contributed by atoms with Crippen molar-refractivity contribution in [3.8, 4) is 0 Å². The van der Waals surface area contributed by atoms with Crippen LogP contribution in [0.3, 0.4) is 0 Å². The van der Waals surface area contributed by atoms with E-state index in [4.69, 9.17) is 16.1 Å². The van der Waals surface area contributed by atoms with Gasteiger partial charge in [0, 0.05) is 35.8 Å². The molecule has 0 saturated heterocycles. The summed E-state index contributed by atoms with van der Waals surface area (Å²) in [5.74, 6) is -0.312. The van der Waals surface area contributed by atoms with Crippen LogP contribution in [0.1, 0.15) is 25.2 Å². The van der Waals surface area contributed by atoms with Crippen LogP contribution in [-0.4, -0.2) is 20.7 Å². The zero-order valence-electron chi connectivity index (χ0n) is 18.5. The second kappa shape index (κ2) is 10.4. The molecule has 0 unspecified atom stereocenters. The number of halogens is 1. The molecule has 0 aliphatic rings. The van der Waals surface area contributed by atoms with Crippen LogP contribution >= 0.6 is 19.0 Å². The van der Waals surface area contributed by atoms with Gasteiger partial charge in [0.1, 0.15) is 5.78 Å². The quantitative estimate of drug-likeness (QED) is 0.360. The standard InChI is InChI=1S/C25H30ClN2O2P/c1-19(2)18-30-31(29,24-16-14-23(15-17-24)28(3)4)25(20-10-12-21(26)13-11-20)27-22-8-6-5-7-9-22/h5-17,19,25,27H,18H2,1-4H3/t25-,31+/m0/s1. The fourth-order valence-electron chi connectivity index (χ4n) is 3.22. The first-order valence-electron chi connectivity index (χ1n) is 10.4. The van der Waals surface area contributed by atoms with Gasteiger partial charge in [0.25, 0.3) is 7.37 Å². The maximum atomic E-state index is 14.7. The number of nitrogens with zero attached hydrogens (tertiary/aromatic N) is 1. The monoisotopic (exact) mass is 456 g/mol. The molecule has 3 aromatic rings. The maximum absolute atomic E-state index is 14.7. The number of para-hydroxylation sites is 1. The van der Waals surface area contributed by atoms with Gasteiger partial charge in [0.05, 0.1) is 6.61 Å². The van der Waals surface area contributed by atoms with E-state index in [1.807, 2.05) is 97.9 Å². The third kappa shape index (κ3) is 5.92. The van der Waals surface area contributed by atoms with Crippen molar-refractivity contribution < 1.29 is 9.09 Å². The van der Waals surface area contributed by atoms with Gasteiger partial charge in [0.15, 0.2) is 0 Å². The summed E-state index contributed by atoms with van der Waals surface area (Å²) in [4.78, 5) is 2.02. The molecule has 0 amide bonds. The van der Waals surface area contributed by atoms with Gasteiger partial charge in [-0.1, -0.05) is 55.8 Å². The molecule has 0 fully saturated rings. The first kappa shape index (κ1) is 23.4. The molecule has 6 heteroatoms. The second-order valence-electron chi connectivity index (χ2n) is 8.16. The Hall–Kier alpha value is -2.26. The third-order valence-electron chi connectivity index (χ3n) is 4.93. The molecule has 0 aliphatic heterocycles. The highest BCUT2D eigenvalue weighted by molar-refractivity contribution is 7.67. The van der Waals surface area contributed by atoms with Crippen molar-refractivity contribution >= 4 is 35.6 Å². The SMILES string of the molecule is CC(C)CO[P@](=O)(c1ccc(N(C)C)cc1)[C@H](Nc1ccccc1)c1ccc(Cl)cc1. The van der Waals surface area contributed by atoms with Crippen molar-refractivity contribution in [3.05, 3.63) is 89.4 Å².